The van der Waals surface area contributed by atoms with Crippen molar-refractivity contribution in [3.05, 3.63) is 11.8 Å². The van der Waals surface area contributed by atoms with Crippen molar-refractivity contribution in [2.24, 2.45) is 11.7 Å². The van der Waals surface area contributed by atoms with E-state index in [2.05, 4.69) is 21.3 Å². The highest BCUT2D eigenvalue weighted by Gasteiger charge is 2.56. The monoisotopic (exact) mass is 933 g/mol. The SMILES string of the molecule is CN(C(=O)OC(C)(C)C)[C@@H]1[C@@H](O)[C@@H](O[C@@H]2[C@@H](O)[C@H](C3OC(CN)=CC[C@H]3NC(=O)OC(C)(C)C)[C@@H](NC(=O)OC(C)(C)C)C[C@H]2NC(=O)[C@@H](O)CCNC(=O)OC(C)(C)C)OC[C@]1(C)O. The smallest absolute Gasteiger partial charge is 0.410 e. The first kappa shape index (κ1) is 55.1. The molecule has 1 unspecified atom stereocenters. The largest absolute Gasteiger partial charge is 0.491 e. The number of aliphatic hydroxyl groups excluding tert-OH is 3. The van der Waals surface area contributed by atoms with Crippen LogP contribution < -0.4 is 27.0 Å². The zero-order chi connectivity index (χ0) is 49.6. The molecule has 22 heteroatoms. The van der Waals surface area contributed by atoms with Gasteiger partial charge in [0.1, 0.15) is 58.2 Å². The lowest BCUT2D eigenvalue weighted by molar-refractivity contribution is -0.305. The van der Waals surface area contributed by atoms with Crippen LogP contribution in [0.5, 0.6) is 0 Å². The molecular formula is C43H76N6O16. The summed E-state index contributed by atoms with van der Waals surface area (Å²) in [6.45, 7) is 20.6. The van der Waals surface area contributed by atoms with Crippen LogP contribution >= 0.6 is 0 Å². The molecule has 10 N–H and O–H groups in total. The predicted octanol–water partition coefficient (Wildman–Crippen LogP) is 1.63. The Morgan fingerprint density at radius 3 is 1.86 bits per heavy atom. The molecule has 0 spiro atoms. The molecule has 22 nitrogen and oxygen atoms in total. The maximum absolute atomic E-state index is 13.8. The van der Waals surface area contributed by atoms with E-state index in [-0.39, 0.29) is 32.4 Å². The van der Waals surface area contributed by atoms with Crippen LogP contribution in [0.2, 0.25) is 0 Å². The Balaban J connectivity index is 2.12. The van der Waals surface area contributed by atoms with Gasteiger partial charge in [0.2, 0.25) is 5.91 Å². The standard InChI is InChI=1S/C43H76N6O16/c1-39(2,3)62-35(54)45-18-17-26(50)33(53)46-25-19-24(48-37(56)64-41(7,8)9)27(30-23(16-15-22(20-44)60-30)47-36(55)63-40(4,5)6)28(51)31(25)61-34-29(52)32(43(13,58)21-59-34)49(14)38(57)65-42(10,11)12/h15,23-32,34,50-52,58H,16-21,44H2,1-14H3,(H,45,54)(H,46,53)(H,47,55)(H,48,56)/t23-,24+,25-,26+,27-,28+,29-,30?,31+,32-,34-,43+/m1/s1. The van der Waals surface area contributed by atoms with Crippen LogP contribution in [0.25, 0.3) is 0 Å². The number of hydrogen-bond acceptors (Lipinski definition) is 17. The quantitative estimate of drug-likeness (QED) is 0.126. The summed E-state index contributed by atoms with van der Waals surface area (Å²) < 4.78 is 40.5. The van der Waals surface area contributed by atoms with Gasteiger partial charge in [0.05, 0.1) is 37.4 Å². The van der Waals surface area contributed by atoms with Gasteiger partial charge in [-0.15, -0.1) is 0 Å². The fourth-order valence-electron chi connectivity index (χ4n) is 7.74. The lowest BCUT2D eigenvalue weighted by atomic mass is 9.72. The van der Waals surface area contributed by atoms with E-state index in [0.29, 0.717) is 5.76 Å². The van der Waals surface area contributed by atoms with E-state index in [1.165, 1.54) is 14.0 Å². The van der Waals surface area contributed by atoms with Crippen molar-refractivity contribution in [2.45, 2.75) is 198 Å². The summed E-state index contributed by atoms with van der Waals surface area (Å²) in [5.41, 5.74) is 0.571. The van der Waals surface area contributed by atoms with Gasteiger partial charge in [-0.25, -0.2) is 19.2 Å². The molecular weight excluding hydrogens is 856 g/mol. The number of rotatable bonds is 12. The van der Waals surface area contributed by atoms with Gasteiger partial charge in [0.15, 0.2) is 6.29 Å². The number of alkyl carbamates (subject to hydrolysis) is 3. The lowest BCUT2D eigenvalue weighted by Crippen LogP contribution is -2.71. The number of nitrogens with zero attached hydrogens (tertiary/aromatic N) is 1. The fraction of sp³-hybridized carbons (Fsp3) is 0.837. The van der Waals surface area contributed by atoms with Crippen molar-refractivity contribution in [3.63, 3.8) is 0 Å². The molecule has 3 aliphatic rings. The minimum Gasteiger partial charge on any atom is -0.491 e. The maximum Gasteiger partial charge on any atom is 0.410 e. The Kier molecular flexibility index (Phi) is 18.3. The van der Waals surface area contributed by atoms with Gasteiger partial charge in [0, 0.05) is 25.6 Å². The first-order valence-electron chi connectivity index (χ1n) is 21.9. The molecule has 0 aromatic heterocycles. The highest BCUT2D eigenvalue weighted by molar-refractivity contribution is 5.81. The van der Waals surface area contributed by atoms with E-state index in [4.69, 9.17) is 38.9 Å². The second-order valence-corrected chi connectivity index (χ2v) is 21.0. The second-order valence-electron chi connectivity index (χ2n) is 21.0. The van der Waals surface area contributed by atoms with Gasteiger partial charge in [-0.2, -0.15) is 0 Å². The Morgan fingerprint density at radius 2 is 1.34 bits per heavy atom. The number of nitrogens with two attached hydrogens (primary N) is 1. The number of amides is 5. The predicted molar refractivity (Wildman–Crippen MR) is 233 cm³/mol. The maximum atomic E-state index is 13.8. The van der Waals surface area contributed by atoms with Gasteiger partial charge in [-0.05, 0) is 115 Å². The van der Waals surface area contributed by atoms with Gasteiger partial charge in [0.25, 0.3) is 0 Å². The van der Waals surface area contributed by atoms with Crippen LogP contribution in [-0.4, -0.2) is 171 Å². The summed E-state index contributed by atoms with van der Waals surface area (Å²) in [5, 5.41) is 57.8. The molecule has 65 heavy (non-hydrogen) atoms. The first-order valence-corrected chi connectivity index (χ1v) is 21.9. The number of hydrogen-bond donors (Lipinski definition) is 9. The molecule has 2 aliphatic heterocycles. The van der Waals surface area contributed by atoms with Crippen LogP contribution in [-0.2, 0) is 38.0 Å². The molecule has 0 aromatic carbocycles. The normalized spacial score (nSPS) is 30.3. The Bertz CT molecular complexity index is 1680. The molecule has 3 rings (SSSR count). The number of aliphatic hydroxyl groups is 4. The third-order valence-electron chi connectivity index (χ3n) is 10.3. The number of ether oxygens (including phenoxy) is 7. The molecule has 2 heterocycles. The number of carbonyl (C=O) groups is 5. The zero-order valence-corrected chi connectivity index (χ0v) is 40.4. The van der Waals surface area contributed by atoms with E-state index in [1.54, 1.807) is 89.2 Å². The zero-order valence-electron chi connectivity index (χ0n) is 40.4. The molecule has 5 amide bonds. The molecule has 12 atom stereocenters. The molecule has 0 radical (unpaired) electrons. The van der Waals surface area contributed by atoms with Gasteiger partial charge in [-0.1, -0.05) is 0 Å². The minimum absolute atomic E-state index is 0.0729. The number of carbonyl (C=O) groups excluding carboxylic acids is 5. The summed E-state index contributed by atoms with van der Waals surface area (Å²) in [5.74, 6) is -1.88. The third kappa shape index (κ3) is 16.9. The van der Waals surface area contributed by atoms with Crippen molar-refractivity contribution >= 4 is 30.3 Å². The van der Waals surface area contributed by atoms with Crippen molar-refractivity contribution in [1.82, 2.24) is 26.2 Å². The Hall–Kier alpha value is -4.19. The average Bonchev–Trinajstić information content (AvgIpc) is 3.11. The van der Waals surface area contributed by atoms with Crippen molar-refractivity contribution in [1.29, 1.82) is 0 Å². The van der Waals surface area contributed by atoms with Crippen LogP contribution in [0.4, 0.5) is 19.2 Å². The van der Waals surface area contributed by atoms with E-state index >= 15 is 0 Å². The van der Waals surface area contributed by atoms with Crippen LogP contribution in [0, 0.1) is 5.92 Å². The van der Waals surface area contributed by atoms with E-state index in [0.717, 1.165) is 4.90 Å². The number of likely N-dealkylation sites (N-methyl/N-ethyl adjacent to an activating group) is 1. The summed E-state index contributed by atoms with van der Waals surface area (Å²) in [7, 11) is 1.32. The van der Waals surface area contributed by atoms with Crippen molar-refractivity contribution in [2.75, 3.05) is 26.7 Å². The summed E-state index contributed by atoms with van der Waals surface area (Å²) in [6.07, 6.45) is -11.8. The van der Waals surface area contributed by atoms with Crippen LogP contribution in [0.1, 0.15) is 109 Å². The molecule has 0 aromatic rings. The number of nitrogens with one attached hydrogen (secondary N) is 4. The molecule has 2 fully saturated rings. The van der Waals surface area contributed by atoms with Crippen LogP contribution in [0.3, 0.4) is 0 Å². The topological polar surface area (TPSA) is 308 Å². The van der Waals surface area contributed by atoms with Gasteiger partial charge < -0.3 is 85.5 Å². The lowest BCUT2D eigenvalue weighted by Gasteiger charge is -2.52. The average molecular weight is 933 g/mol. The highest BCUT2D eigenvalue weighted by Crippen LogP contribution is 2.39. The Morgan fingerprint density at radius 1 is 0.815 bits per heavy atom. The third-order valence-corrected chi connectivity index (χ3v) is 10.3. The molecule has 374 valence electrons. The summed E-state index contributed by atoms with van der Waals surface area (Å²) >= 11 is 0. The first-order chi connectivity index (χ1) is 29.6. The van der Waals surface area contributed by atoms with E-state index in [9.17, 15) is 44.4 Å². The summed E-state index contributed by atoms with van der Waals surface area (Å²) in [4.78, 5) is 67.1. The van der Waals surface area contributed by atoms with Crippen LogP contribution in [0.15, 0.2) is 11.8 Å². The fourth-order valence-corrected chi connectivity index (χ4v) is 7.74. The van der Waals surface area contributed by atoms with E-state index < -0.39 is 132 Å². The molecule has 1 aliphatic carbocycles. The minimum atomic E-state index is -1.85. The van der Waals surface area contributed by atoms with E-state index in [1.807, 2.05) is 0 Å². The highest BCUT2D eigenvalue weighted by atomic mass is 16.7. The molecule has 1 saturated heterocycles. The van der Waals surface area contributed by atoms with Gasteiger partial charge >= 0.3 is 24.4 Å². The molecule has 1 saturated carbocycles. The van der Waals surface area contributed by atoms with Gasteiger partial charge in [-0.3, -0.25) is 4.79 Å². The van der Waals surface area contributed by atoms with Crippen molar-refractivity contribution < 1.29 is 77.6 Å². The Labute approximate surface area is 381 Å². The second kappa shape index (κ2) is 21.6. The van der Waals surface area contributed by atoms with Crippen molar-refractivity contribution in [3.8, 4) is 0 Å². The molecule has 0 bridgehead atoms. The summed E-state index contributed by atoms with van der Waals surface area (Å²) in [6, 6.07) is -4.74.